The number of unbranched alkanes of at least 4 members (excludes halogenated alkanes) is 4. The van der Waals surface area contributed by atoms with E-state index in [1.807, 2.05) is 0 Å². The van der Waals surface area contributed by atoms with Crippen molar-refractivity contribution in [2.45, 2.75) is 50.2 Å². The summed E-state index contributed by atoms with van der Waals surface area (Å²) in [6, 6.07) is 11.0. The Bertz CT molecular complexity index is 243. The molecular weight excluding hydrogens is 195 g/mol. The van der Waals surface area contributed by atoms with Gasteiger partial charge in [-0.1, -0.05) is 86.1 Å². The minimum Gasteiger partial charge on any atom is -0.0670 e. The van der Waals surface area contributed by atoms with E-state index >= 15 is 0 Å². The van der Waals surface area contributed by atoms with Gasteiger partial charge in [-0.15, -0.1) is 0 Å². The highest BCUT2D eigenvalue weighted by Gasteiger charge is 2.03. The van der Waals surface area contributed by atoms with E-state index in [-0.39, 0.29) is 0 Å². The van der Waals surface area contributed by atoms with E-state index in [1.165, 1.54) is 54.8 Å². The van der Waals surface area contributed by atoms with Gasteiger partial charge in [0, 0.05) is 0 Å². The molecule has 1 aromatic rings. The van der Waals surface area contributed by atoms with E-state index in [0.29, 0.717) is 0 Å². The third kappa shape index (κ3) is 5.40. The van der Waals surface area contributed by atoms with Crippen LogP contribution in [0.15, 0.2) is 30.3 Å². The van der Waals surface area contributed by atoms with E-state index in [4.69, 9.17) is 0 Å². The van der Waals surface area contributed by atoms with Crippen molar-refractivity contribution in [3.8, 4) is 0 Å². The van der Waals surface area contributed by atoms with Gasteiger partial charge in [0.2, 0.25) is 16.3 Å². The molecule has 0 N–H and O–H groups in total. The Hall–Kier alpha value is -0.248. The highest BCUT2D eigenvalue weighted by Crippen LogP contribution is 2.19. The molecule has 1 heteroatoms. The number of hydrogen-bond donors (Lipinski definition) is 0. The average molecular weight is 218 g/mol. The Morgan fingerprint density at radius 2 is 1.67 bits per heavy atom. The Kier molecular flexibility index (Phi) is 6.81. The van der Waals surface area contributed by atoms with E-state index in [2.05, 4.69) is 37.3 Å². The summed E-state index contributed by atoms with van der Waals surface area (Å²) in [4.78, 5) is 0. The molecule has 0 nitrogen and oxygen atoms in total. The summed E-state index contributed by atoms with van der Waals surface area (Å²) in [5.41, 5.74) is 1.56. The molecule has 0 bridgehead atoms. The molecule has 0 heterocycles. The molecule has 0 amide bonds. The fraction of sp³-hybridized carbons (Fsp3) is 0.571. The largest absolute Gasteiger partial charge is 0.223 e. The summed E-state index contributed by atoms with van der Waals surface area (Å²) in [6.45, 7) is 2.28. The van der Waals surface area contributed by atoms with Gasteiger partial charge >= 0.3 is 0 Å². The van der Waals surface area contributed by atoms with Crippen molar-refractivity contribution in [1.82, 2.24) is 0 Å². The Morgan fingerprint density at radius 3 is 2.33 bits per heavy atom. The van der Waals surface area contributed by atoms with E-state index in [0.717, 1.165) is 4.78 Å². The smallest absolute Gasteiger partial charge is 0.0670 e. The molecule has 0 aliphatic carbocycles. The van der Waals surface area contributed by atoms with Crippen molar-refractivity contribution >= 4 is 16.3 Å². The lowest BCUT2D eigenvalue weighted by Crippen LogP contribution is -1.97. The Morgan fingerprint density at radius 1 is 1.00 bits per heavy atom. The average Bonchev–Trinajstić information content (AvgIpc) is 2.30. The second-order valence-electron chi connectivity index (χ2n) is 4.51. The highest BCUT2D eigenvalue weighted by molar-refractivity contribution is 6.12. The molecule has 0 saturated heterocycles. The van der Waals surface area contributed by atoms with Crippen LogP contribution in [0.25, 0.3) is 0 Å². The van der Waals surface area contributed by atoms with E-state index < -0.39 is 0 Å². The van der Waals surface area contributed by atoms with Gasteiger partial charge in [0.25, 0.3) is 0 Å². The number of hydrogen-bond acceptors (Lipinski definition) is 0. The zero-order valence-corrected chi connectivity index (χ0v) is 12.2. The molecule has 1 atom stereocenters. The quantitative estimate of drug-likeness (QED) is 0.483. The first-order valence-electron chi connectivity index (χ1n) is 6.39. The normalized spacial score (nSPS) is 12.6. The summed E-state index contributed by atoms with van der Waals surface area (Å²) in [5.74, 6) is 0. The second kappa shape index (κ2) is 7.97. The van der Waals surface area contributed by atoms with Gasteiger partial charge in [0.05, 0.1) is 0 Å². The third-order valence-corrected chi connectivity index (χ3v) is 4.35. The lowest BCUT2D eigenvalue weighted by Gasteiger charge is -2.11. The van der Waals surface area contributed by atoms with Crippen LogP contribution in [-0.4, -0.2) is 16.3 Å². The maximum atomic E-state index is 2.28. The molecule has 1 rings (SSSR count). The molecule has 0 aromatic heterocycles. The van der Waals surface area contributed by atoms with Crippen LogP contribution in [0.4, 0.5) is 0 Å². The fourth-order valence-corrected chi connectivity index (χ4v) is 2.80. The third-order valence-electron chi connectivity index (χ3n) is 3.11. The molecular formula is C14H23Al. The zero-order chi connectivity index (χ0) is 10.9. The molecule has 0 fully saturated rings. The molecule has 0 spiro atoms. The SMILES string of the molecule is CCCCCCC[CH]([AlH2])c1ccccc1. The lowest BCUT2D eigenvalue weighted by atomic mass is 10.0. The minimum absolute atomic E-state index is 0.868. The molecule has 1 aromatic carbocycles. The van der Waals surface area contributed by atoms with Gasteiger partial charge in [0.15, 0.2) is 0 Å². The molecule has 0 aliphatic heterocycles. The van der Waals surface area contributed by atoms with Crippen LogP contribution in [0, 0.1) is 0 Å². The van der Waals surface area contributed by atoms with Crippen molar-refractivity contribution in [3.63, 3.8) is 0 Å². The van der Waals surface area contributed by atoms with Gasteiger partial charge in [-0.3, -0.25) is 0 Å². The van der Waals surface area contributed by atoms with Gasteiger partial charge < -0.3 is 0 Å². The van der Waals surface area contributed by atoms with Gasteiger partial charge in [-0.25, -0.2) is 0 Å². The zero-order valence-electron chi connectivity index (χ0n) is 10.2. The minimum atomic E-state index is 0.868. The predicted molar refractivity (Wildman–Crippen MR) is 71.1 cm³/mol. The van der Waals surface area contributed by atoms with Crippen molar-refractivity contribution in [1.29, 1.82) is 0 Å². The van der Waals surface area contributed by atoms with Crippen LogP contribution in [0.3, 0.4) is 0 Å². The van der Waals surface area contributed by atoms with Crippen LogP contribution < -0.4 is 0 Å². The molecule has 1 unspecified atom stereocenters. The number of rotatable bonds is 7. The van der Waals surface area contributed by atoms with Crippen molar-refractivity contribution in [3.05, 3.63) is 35.9 Å². The predicted octanol–water partition coefficient (Wildman–Crippen LogP) is 3.72. The van der Waals surface area contributed by atoms with E-state index in [9.17, 15) is 0 Å². The summed E-state index contributed by atoms with van der Waals surface area (Å²) in [7, 11) is 0. The molecule has 0 saturated carbocycles. The lowest BCUT2D eigenvalue weighted by molar-refractivity contribution is 0.601. The van der Waals surface area contributed by atoms with Crippen molar-refractivity contribution in [2.75, 3.05) is 0 Å². The topological polar surface area (TPSA) is 0 Å². The standard InChI is InChI=1S/C14H21.Al.2H/c1-2-3-4-5-6-8-11-14-12-9-7-10-13-14;;;/h7,9-13H,2-6,8H2,1H3;;;. The second-order valence-corrected chi connectivity index (χ2v) is 5.91. The first-order valence-corrected chi connectivity index (χ1v) is 7.55. The molecule has 0 radical (unpaired) electrons. The summed E-state index contributed by atoms with van der Waals surface area (Å²) >= 11 is 1.30. The summed E-state index contributed by atoms with van der Waals surface area (Å²) in [6.07, 6.45) is 8.45. The Balaban J connectivity index is 2.16. The fourth-order valence-electron chi connectivity index (χ4n) is 2.00. The maximum Gasteiger partial charge on any atom is 0.223 e. The maximum absolute atomic E-state index is 2.28. The Labute approximate surface area is 103 Å². The highest BCUT2D eigenvalue weighted by atomic mass is 27.0. The first kappa shape index (κ1) is 12.8. The summed E-state index contributed by atoms with van der Waals surface area (Å²) in [5, 5.41) is 0. The van der Waals surface area contributed by atoms with Gasteiger partial charge in [-0.2, -0.15) is 0 Å². The van der Waals surface area contributed by atoms with Gasteiger partial charge in [-0.05, 0) is 0 Å². The van der Waals surface area contributed by atoms with Crippen LogP contribution >= 0.6 is 0 Å². The van der Waals surface area contributed by atoms with Crippen LogP contribution in [-0.2, 0) is 0 Å². The number of benzene rings is 1. The van der Waals surface area contributed by atoms with Crippen LogP contribution in [0.1, 0.15) is 55.8 Å². The van der Waals surface area contributed by atoms with Crippen molar-refractivity contribution in [2.24, 2.45) is 0 Å². The van der Waals surface area contributed by atoms with Crippen molar-refractivity contribution < 1.29 is 0 Å². The first-order chi connectivity index (χ1) is 7.34. The van der Waals surface area contributed by atoms with E-state index in [1.54, 1.807) is 5.56 Å². The van der Waals surface area contributed by atoms with Crippen LogP contribution in [0.2, 0.25) is 0 Å². The molecule has 82 valence electrons. The van der Waals surface area contributed by atoms with Gasteiger partial charge in [0.1, 0.15) is 0 Å². The van der Waals surface area contributed by atoms with Crippen LogP contribution in [0.5, 0.6) is 0 Å². The molecule has 15 heavy (non-hydrogen) atoms. The summed E-state index contributed by atoms with van der Waals surface area (Å²) < 4.78 is 0.868. The monoisotopic (exact) mass is 218 g/mol. The molecule has 0 aliphatic rings.